The number of fused-ring (bicyclic) bond motifs is 1. The molecular weight excluding hydrogens is 298 g/mol. The molecule has 0 bridgehead atoms. The Labute approximate surface area is 131 Å². The van der Waals surface area contributed by atoms with Crippen molar-refractivity contribution in [1.82, 2.24) is 19.5 Å². The summed E-state index contributed by atoms with van der Waals surface area (Å²) in [6, 6.07) is 0.198. The first-order valence-electron chi connectivity index (χ1n) is 7.15. The molecule has 3 aromatic rings. The van der Waals surface area contributed by atoms with E-state index in [2.05, 4.69) is 15.3 Å². The number of hydrogen-bond donors (Lipinski definition) is 1. The number of aromatic nitrogens is 4. The highest BCUT2D eigenvalue weighted by Crippen LogP contribution is 2.31. The lowest BCUT2D eigenvalue weighted by molar-refractivity contribution is 0.710. The molecule has 0 unspecified atom stereocenters. The van der Waals surface area contributed by atoms with Crippen LogP contribution in [-0.4, -0.2) is 25.6 Å². The quantitative estimate of drug-likeness (QED) is 0.801. The van der Waals surface area contributed by atoms with E-state index in [9.17, 15) is 4.79 Å². The predicted molar refractivity (Wildman–Crippen MR) is 89.3 cm³/mol. The first kappa shape index (κ1) is 14.6. The van der Waals surface area contributed by atoms with E-state index in [1.54, 1.807) is 17.0 Å². The summed E-state index contributed by atoms with van der Waals surface area (Å²) in [5.41, 5.74) is 2.46. The van der Waals surface area contributed by atoms with Gasteiger partial charge in [-0.3, -0.25) is 9.36 Å². The van der Waals surface area contributed by atoms with E-state index < -0.39 is 0 Å². The topological polar surface area (TPSA) is 72.7 Å². The van der Waals surface area contributed by atoms with Crippen LogP contribution in [0.4, 0.5) is 5.95 Å². The second kappa shape index (κ2) is 5.84. The number of thiophene rings is 1. The van der Waals surface area contributed by atoms with Gasteiger partial charge in [-0.05, 0) is 20.8 Å². The first-order chi connectivity index (χ1) is 10.6. The number of nitrogens with zero attached hydrogens (tertiary/aromatic N) is 4. The Bertz CT molecular complexity index is 853. The predicted octanol–water partition coefficient (Wildman–Crippen LogP) is 2.76. The van der Waals surface area contributed by atoms with Crippen LogP contribution < -0.4 is 10.9 Å². The van der Waals surface area contributed by atoms with Gasteiger partial charge in [-0.1, -0.05) is 0 Å². The third-order valence-corrected chi connectivity index (χ3v) is 4.24. The molecule has 22 heavy (non-hydrogen) atoms. The molecule has 1 N–H and O–H groups in total. The molecule has 0 amide bonds. The van der Waals surface area contributed by atoms with Crippen molar-refractivity contribution in [3.8, 4) is 11.1 Å². The Morgan fingerprint density at radius 2 is 2.05 bits per heavy atom. The van der Waals surface area contributed by atoms with Gasteiger partial charge in [-0.25, -0.2) is 15.0 Å². The monoisotopic (exact) mass is 315 g/mol. The molecule has 0 atom stereocenters. The molecule has 0 aromatic carbocycles. The molecule has 6 nitrogen and oxygen atoms in total. The SMILES string of the molecule is CCn1c(NC(C)C)nc2c(-c3cncnc3)csc2c1=O. The highest BCUT2D eigenvalue weighted by atomic mass is 32.1. The number of nitrogens with one attached hydrogen (secondary N) is 1. The van der Waals surface area contributed by atoms with E-state index in [1.165, 1.54) is 17.7 Å². The summed E-state index contributed by atoms with van der Waals surface area (Å²) in [7, 11) is 0. The number of rotatable bonds is 4. The maximum absolute atomic E-state index is 12.7. The molecule has 3 rings (SSSR count). The first-order valence-corrected chi connectivity index (χ1v) is 8.03. The molecule has 114 valence electrons. The molecular formula is C15H17N5OS. The molecule has 0 aliphatic rings. The third-order valence-electron chi connectivity index (χ3n) is 3.28. The Morgan fingerprint density at radius 1 is 1.32 bits per heavy atom. The summed E-state index contributed by atoms with van der Waals surface area (Å²) in [4.78, 5) is 25.4. The van der Waals surface area contributed by atoms with E-state index in [0.29, 0.717) is 22.7 Å². The van der Waals surface area contributed by atoms with Crippen molar-refractivity contribution in [2.45, 2.75) is 33.4 Å². The third kappa shape index (κ3) is 2.48. The lowest BCUT2D eigenvalue weighted by atomic mass is 10.1. The van der Waals surface area contributed by atoms with Gasteiger partial charge in [0.25, 0.3) is 5.56 Å². The van der Waals surface area contributed by atoms with Gasteiger partial charge in [0.1, 0.15) is 11.0 Å². The van der Waals surface area contributed by atoms with E-state index >= 15 is 0 Å². The van der Waals surface area contributed by atoms with Crippen LogP contribution >= 0.6 is 11.3 Å². The Balaban J connectivity index is 2.27. The minimum absolute atomic E-state index is 0.0104. The van der Waals surface area contributed by atoms with Crippen molar-refractivity contribution in [2.24, 2.45) is 0 Å². The number of hydrogen-bond acceptors (Lipinski definition) is 6. The average molecular weight is 315 g/mol. The van der Waals surface area contributed by atoms with Gasteiger partial charge < -0.3 is 5.32 Å². The molecule has 3 heterocycles. The van der Waals surface area contributed by atoms with Crippen molar-refractivity contribution in [2.75, 3.05) is 5.32 Å². The smallest absolute Gasteiger partial charge is 0.272 e. The molecule has 0 radical (unpaired) electrons. The van der Waals surface area contributed by atoms with Crippen LogP contribution in [0.15, 0.2) is 28.9 Å². The molecule has 0 saturated heterocycles. The van der Waals surface area contributed by atoms with Crippen LogP contribution in [0.5, 0.6) is 0 Å². The lowest BCUT2D eigenvalue weighted by Crippen LogP contribution is -2.26. The summed E-state index contributed by atoms with van der Waals surface area (Å²) < 4.78 is 2.33. The van der Waals surface area contributed by atoms with Gasteiger partial charge in [0, 0.05) is 41.5 Å². The summed E-state index contributed by atoms with van der Waals surface area (Å²) in [5.74, 6) is 0.603. The zero-order valence-electron chi connectivity index (χ0n) is 12.7. The van der Waals surface area contributed by atoms with Crippen LogP contribution in [0.1, 0.15) is 20.8 Å². The van der Waals surface area contributed by atoms with Crippen molar-refractivity contribution >= 4 is 27.5 Å². The Hall–Kier alpha value is -2.28. The van der Waals surface area contributed by atoms with Gasteiger partial charge in [0.05, 0.1) is 5.52 Å². The molecule has 7 heteroatoms. The molecule has 0 fully saturated rings. The fourth-order valence-electron chi connectivity index (χ4n) is 2.30. The summed E-state index contributed by atoms with van der Waals surface area (Å²) in [5, 5.41) is 5.19. The van der Waals surface area contributed by atoms with Crippen LogP contribution in [-0.2, 0) is 6.54 Å². The maximum atomic E-state index is 12.7. The normalized spacial score (nSPS) is 11.3. The zero-order valence-corrected chi connectivity index (χ0v) is 13.5. The van der Waals surface area contributed by atoms with E-state index in [0.717, 1.165) is 11.1 Å². The lowest BCUT2D eigenvalue weighted by Gasteiger charge is -2.14. The van der Waals surface area contributed by atoms with Crippen LogP contribution in [0.25, 0.3) is 21.3 Å². The van der Waals surface area contributed by atoms with Crippen LogP contribution in [0.2, 0.25) is 0 Å². The van der Waals surface area contributed by atoms with E-state index in [1.807, 2.05) is 26.2 Å². The highest BCUT2D eigenvalue weighted by Gasteiger charge is 2.16. The second-order valence-electron chi connectivity index (χ2n) is 5.24. The fraction of sp³-hybridized carbons (Fsp3) is 0.333. The van der Waals surface area contributed by atoms with Crippen LogP contribution in [0.3, 0.4) is 0 Å². The standard InChI is InChI=1S/C15H17N5OS/c1-4-20-14(21)13-12(19-15(20)18-9(2)3)11(7-22-13)10-5-16-8-17-6-10/h5-9H,4H2,1-3H3,(H,18,19). The summed E-state index contributed by atoms with van der Waals surface area (Å²) in [6.45, 7) is 6.57. The van der Waals surface area contributed by atoms with Gasteiger partial charge in [-0.2, -0.15) is 0 Å². The highest BCUT2D eigenvalue weighted by molar-refractivity contribution is 7.17. The van der Waals surface area contributed by atoms with Gasteiger partial charge >= 0.3 is 0 Å². The molecule has 0 aliphatic carbocycles. The number of anilines is 1. The van der Waals surface area contributed by atoms with Crippen LogP contribution in [0, 0.1) is 0 Å². The minimum Gasteiger partial charge on any atom is -0.353 e. The average Bonchev–Trinajstić information content (AvgIpc) is 2.92. The molecule has 0 aliphatic heterocycles. The molecule has 0 saturated carbocycles. The van der Waals surface area contributed by atoms with Crippen molar-refractivity contribution in [1.29, 1.82) is 0 Å². The van der Waals surface area contributed by atoms with Gasteiger partial charge in [0.2, 0.25) is 5.95 Å². The van der Waals surface area contributed by atoms with Gasteiger partial charge in [0.15, 0.2) is 0 Å². The fourth-order valence-corrected chi connectivity index (χ4v) is 3.27. The zero-order chi connectivity index (χ0) is 15.7. The van der Waals surface area contributed by atoms with Crippen molar-refractivity contribution < 1.29 is 0 Å². The maximum Gasteiger partial charge on any atom is 0.272 e. The largest absolute Gasteiger partial charge is 0.353 e. The van der Waals surface area contributed by atoms with Crippen molar-refractivity contribution in [3.05, 3.63) is 34.5 Å². The molecule has 0 spiro atoms. The minimum atomic E-state index is -0.0104. The summed E-state index contributed by atoms with van der Waals surface area (Å²) in [6.07, 6.45) is 4.95. The van der Waals surface area contributed by atoms with Gasteiger partial charge in [-0.15, -0.1) is 11.3 Å². The van der Waals surface area contributed by atoms with Crippen molar-refractivity contribution in [3.63, 3.8) is 0 Å². The summed E-state index contributed by atoms with van der Waals surface area (Å²) >= 11 is 1.41. The Morgan fingerprint density at radius 3 is 2.68 bits per heavy atom. The van der Waals surface area contributed by atoms with E-state index in [-0.39, 0.29) is 11.6 Å². The second-order valence-corrected chi connectivity index (χ2v) is 6.12. The Kier molecular flexibility index (Phi) is 3.89. The van der Waals surface area contributed by atoms with E-state index in [4.69, 9.17) is 4.98 Å². The molecule has 3 aromatic heterocycles.